The first-order chi connectivity index (χ1) is 15.7. The van der Waals surface area contributed by atoms with Crippen LogP contribution in [0.2, 0.25) is 0 Å². The first-order valence-electron chi connectivity index (χ1n) is 10.6. The molecule has 4 aromatic rings. The number of rotatable bonds is 7. The van der Waals surface area contributed by atoms with Crippen molar-refractivity contribution < 1.29 is 14.3 Å². The quantitative estimate of drug-likeness (QED) is 0.363. The lowest BCUT2D eigenvalue weighted by Crippen LogP contribution is -2.11. The number of hydrogen-bond donors (Lipinski definition) is 1. The van der Waals surface area contributed by atoms with E-state index in [2.05, 4.69) is 40.3 Å². The number of hydrogen-bond acceptors (Lipinski definition) is 3. The van der Waals surface area contributed by atoms with Gasteiger partial charge in [0.25, 0.3) is 5.91 Å². The largest absolute Gasteiger partial charge is 0.454 e. The molecule has 0 bridgehead atoms. The van der Waals surface area contributed by atoms with Gasteiger partial charge in [0.1, 0.15) is 0 Å². The molecule has 162 valence electrons. The van der Waals surface area contributed by atoms with Gasteiger partial charge in [-0.2, -0.15) is 0 Å². The Morgan fingerprint density at radius 1 is 0.938 bits per heavy atom. The monoisotopic (exact) mass is 446 g/mol. The van der Waals surface area contributed by atoms with Crippen LogP contribution in [0.3, 0.4) is 0 Å². The maximum atomic E-state index is 12.6. The van der Waals surface area contributed by atoms with Crippen molar-refractivity contribution in [2.24, 2.45) is 0 Å². The van der Waals surface area contributed by atoms with Gasteiger partial charge in [-0.15, -0.1) is 11.6 Å². The Labute approximate surface area is 191 Å². The van der Waals surface area contributed by atoms with Gasteiger partial charge in [0.2, 0.25) is 6.79 Å². The van der Waals surface area contributed by atoms with Crippen molar-refractivity contribution in [3.8, 4) is 11.5 Å². The third-order valence-electron chi connectivity index (χ3n) is 5.62. The average molecular weight is 447 g/mol. The number of fused-ring (bicyclic) bond motifs is 2. The van der Waals surface area contributed by atoms with E-state index in [0.717, 1.165) is 24.9 Å². The zero-order chi connectivity index (χ0) is 21.9. The van der Waals surface area contributed by atoms with Crippen LogP contribution < -0.4 is 14.8 Å². The Hall–Kier alpha value is -3.44. The third-order valence-corrected chi connectivity index (χ3v) is 5.89. The van der Waals surface area contributed by atoms with E-state index in [1.54, 1.807) is 18.2 Å². The number of carbonyl (C=O) groups excluding carboxylic acids is 1. The van der Waals surface area contributed by atoms with Gasteiger partial charge in [-0.25, -0.2) is 0 Å². The van der Waals surface area contributed by atoms with E-state index in [4.69, 9.17) is 21.1 Å². The number of alkyl halides is 1. The van der Waals surface area contributed by atoms with E-state index in [9.17, 15) is 4.79 Å². The number of nitrogens with zero attached hydrogens (tertiary/aromatic N) is 1. The number of ether oxygens (including phenoxy) is 2. The summed E-state index contributed by atoms with van der Waals surface area (Å²) in [6.45, 7) is 1.14. The number of aryl methyl sites for hydroxylation is 1. The molecular weight excluding hydrogens is 424 g/mol. The summed E-state index contributed by atoms with van der Waals surface area (Å²) >= 11 is 5.83. The van der Waals surface area contributed by atoms with E-state index >= 15 is 0 Å². The molecule has 0 radical (unpaired) electrons. The molecule has 0 fully saturated rings. The van der Waals surface area contributed by atoms with Crippen molar-refractivity contribution in [3.05, 3.63) is 89.6 Å². The maximum Gasteiger partial charge on any atom is 0.255 e. The first kappa shape index (κ1) is 20.5. The van der Waals surface area contributed by atoms with Crippen LogP contribution in [0.5, 0.6) is 11.5 Å². The minimum absolute atomic E-state index is 0.157. The Morgan fingerprint density at radius 3 is 2.59 bits per heavy atom. The SMILES string of the molecule is O=C(Nc1ccc2c(c1)OCO2)c1ccc(Cc2ccc3c(ccn3CCCCl)c2)cc1. The van der Waals surface area contributed by atoms with Crippen LogP contribution in [0, 0.1) is 0 Å². The summed E-state index contributed by atoms with van der Waals surface area (Å²) in [5, 5.41) is 4.14. The van der Waals surface area contributed by atoms with Gasteiger partial charge < -0.3 is 19.4 Å². The van der Waals surface area contributed by atoms with Crippen LogP contribution >= 0.6 is 11.6 Å². The normalized spacial score (nSPS) is 12.3. The van der Waals surface area contributed by atoms with Crippen molar-refractivity contribution in [2.45, 2.75) is 19.4 Å². The van der Waals surface area contributed by atoms with Crippen LogP contribution in [0.25, 0.3) is 10.9 Å². The summed E-state index contributed by atoms with van der Waals surface area (Å²) in [7, 11) is 0. The predicted octanol–water partition coefficient (Wildman–Crippen LogP) is 5.84. The number of benzene rings is 3. The predicted molar refractivity (Wildman–Crippen MR) is 127 cm³/mol. The minimum Gasteiger partial charge on any atom is -0.454 e. The highest BCUT2D eigenvalue weighted by Crippen LogP contribution is 2.34. The van der Waals surface area contributed by atoms with Gasteiger partial charge in [0, 0.05) is 41.5 Å². The van der Waals surface area contributed by atoms with Gasteiger partial charge in [0.05, 0.1) is 0 Å². The van der Waals surface area contributed by atoms with Crippen LogP contribution in [0.4, 0.5) is 5.69 Å². The minimum atomic E-state index is -0.157. The number of aromatic nitrogens is 1. The van der Waals surface area contributed by atoms with E-state index in [1.165, 1.54) is 16.5 Å². The number of nitrogens with one attached hydrogen (secondary N) is 1. The van der Waals surface area contributed by atoms with E-state index in [1.807, 2.05) is 24.3 Å². The van der Waals surface area contributed by atoms with Gasteiger partial charge in [-0.3, -0.25) is 4.79 Å². The zero-order valence-corrected chi connectivity index (χ0v) is 18.3. The topological polar surface area (TPSA) is 52.5 Å². The lowest BCUT2D eigenvalue weighted by molar-refractivity contribution is 0.102. The summed E-state index contributed by atoms with van der Waals surface area (Å²) in [6.07, 6.45) is 3.89. The second-order valence-electron chi connectivity index (χ2n) is 7.84. The molecule has 0 saturated carbocycles. The van der Waals surface area contributed by atoms with E-state index < -0.39 is 0 Å². The lowest BCUT2D eigenvalue weighted by Gasteiger charge is -2.08. The van der Waals surface area contributed by atoms with Crippen molar-refractivity contribution in [2.75, 3.05) is 18.0 Å². The van der Waals surface area contributed by atoms with Gasteiger partial charge in [-0.05, 0) is 71.8 Å². The molecule has 6 heteroatoms. The fourth-order valence-corrected chi connectivity index (χ4v) is 4.09. The standard InChI is InChI=1S/C26H23ClN2O3/c27-11-1-12-29-13-10-21-15-19(4-8-23(21)29)14-18-2-5-20(6-3-18)26(30)28-22-7-9-24-25(16-22)32-17-31-24/h2-10,13,15-16H,1,11-12,14,17H2,(H,28,30). The molecule has 5 rings (SSSR count). The molecule has 0 spiro atoms. The molecule has 1 amide bonds. The molecule has 0 atom stereocenters. The van der Waals surface area contributed by atoms with E-state index in [0.29, 0.717) is 28.6 Å². The van der Waals surface area contributed by atoms with E-state index in [-0.39, 0.29) is 12.7 Å². The number of anilines is 1. The molecule has 5 nitrogen and oxygen atoms in total. The number of amides is 1. The van der Waals surface area contributed by atoms with Gasteiger partial charge in [0.15, 0.2) is 11.5 Å². The smallest absolute Gasteiger partial charge is 0.255 e. The molecule has 3 aromatic carbocycles. The number of halogens is 1. The molecule has 0 unspecified atom stereocenters. The molecule has 1 aliphatic rings. The lowest BCUT2D eigenvalue weighted by atomic mass is 10.0. The van der Waals surface area contributed by atoms with Crippen molar-refractivity contribution in [1.82, 2.24) is 4.57 Å². The Balaban J connectivity index is 1.25. The summed E-state index contributed by atoms with van der Waals surface area (Å²) in [5.74, 6) is 1.85. The van der Waals surface area contributed by atoms with Gasteiger partial charge in [-0.1, -0.05) is 18.2 Å². The fourth-order valence-electron chi connectivity index (χ4n) is 3.97. The maximum absolute atomic E-state index is 12.6. The Morgan fingerprint density at radius 2 is 1.75 bits per heavy atom. The average Bonchev–Trinajstić information content (AvgIpc) is 3.44. The Bertz CT molecular complexity index is 1260. The van der Waals surface area contributed by atoms with Crippen LogP contribution in [0.1, 0.15) is 27.9 Å². The highest BCUT2D eigenvalue weighted by atomic mass is 35.5. The third kappa shape index (κ3) is 4.30. The highest BCUT2D eigenvalue weighted by molar-refractivity contribution is 6.17. The van der Waals surface area contributed by atoms with Crippen molar-refractivity contribution >= 4 is 34.1 Å². The molecule has 1 aromatic heterocycles. The molecule has 1 N–H and O–H groups in total. The molecule has 2 heterocycles. The molecule has 0 aliphatic carbocycles. The molecular formula is C26H23ClN2O3. The summed E-state index contributed by atoms with van der Waals surface area (Å²) < 4.78 is 12.9. The summed E-state index contributed by atoms with van der Waals surface area (Å²) in [5.41, 5.74) is 4.91. The van der Waals surface area contributed by atoms with Crippen molar-refractivity contribution in [1.29, 1.82) is 0 Å². The van der Waals surface area contributed by atoms with Crippen molar-refractivity contribution in [3.63, 3.8) is 0 Å². The second kappa shape index (κ2) is 8.97. The van der Waals surface area contributed by atoms with Crippen LogP contribution in [-0.2, 0) is 13.0 Å². The molecule has 32 heavy (non-hydrogen) atoms. The fraction of sp³-hybridized carbons (Fsp3) is 0.192. The van der Waals surface area contributed by atoms with Gasteiger partial charge >= 0.3 is 0 Å². The number of carbonyl (C=O) groups is 1. The molecule has 1 aliphatic heterocycles. The Kier molecular flexibility index (Phi) is 5.73. The van der Waals surface area contributed by atoms with Crippen LogP contribution in [-0.4, -0.2) is 23.1 Å². The molecule has 0 saturated heterocycles. The highest BCUT2D eigenvalue weighted by Gasteiger charge is 2.14. The zero-order valence-electron chi connectivity index (χ0n) is 17.5. The van der Waals surface area contributed by atoms with Crippen LogP contribution in [0.15, 0.2) is 72.9 Å². The second-order valence-corrected chi connectivity index (χ2v) is 8.22. The summed E-state index contributed by atoms with van der Waals surface area (Å²) in [4.78, 5) is 12.6. The first-order valence-corrected chi connectivity index (χ1v) is 11.2. The summed E-state index contributed by atoms with van der Waals surface area (Å²) in [6, 6.07) is 21.8.